The Morgan fingerprint density at radius 2 is 2.17 bits per heavy atom. The van der Waals surface area contributed by atoms with Crippen LogP contribution in [-0.2, 0) is 14.8 Å². The van der Waals surface area contributed by atoms with Crippen molar-refractivity contribution in [3.63, 3.8) is 0 Å². The molecule has 1 aliphatic heterocycles. The van der Waals surface area contributed by atoms with Crippen LogP contribution in [0.25, 0.3) is 0 Å². The average molecular weight is 286 g/mol. The van der Waals surface area contributed by atoms with E-state index >= 15 is 0 Å². The van der Waals surface area contributed by atoms with E-state index in [2.05, 4.69) is 16.6 Å². The lowest BCUT2D eigenvalue weighted by Gasteiger charge is -2.37. The first-order valence-electron chi connectivity index (χ1n) is 4.99. The number of allylic oxidation sites excluding steroid dienone is 2. The van der Waals surface area contributed by atoms with Crippen molar-refractivity contribution in [3.8, 4) is 0 Å². The van der Waals surface area contributed by atoms with Gasteiger partial charge in [0, 0.05) is 25.2 Å². The van der Waals surface area contributed by atoms with Gasteiger partial charge in [0.2, 0.25) is 0 Å². The van der Waals surface area contributed by atoms with Crippen LogP contribution in [0.5, 0.6) is 0 Å². The monoisotopic (exact) mass is 286 g/mol. The summed E-state index contributed by atoms with van der Waals surface area (Å²) in [5, 5.41) is 2.66. The zero-order chi connectivity index (χ0) is 13.8. The number of halogens is 3. The average Bonchev–Trinajstić information content (AvgIpc) is 2.21. The minimum Gasteiger partial charge on any atom is -0.455 e. The lowest BCUT2D eigenvalue weighted by molar-refractivity contribution is 0.0965. The number of hydrogen-bond donors (Lipinski definition) is 1. The largest absolute Gasteiger partial charge is 0.455 e. The standard InChI is InChI=1S/C9H13F3N2O3S/c1-2-3-8(10)17-6-13-7-4-14(5-7)18(15,16)9(11)12/h2-3,7,9,13H,1,4-6H2/b8-3+. The van der Waals surface area contributed by atoms with Crippen LogP contribution in [0.4, 0.5) is 13.2 Å². The van der Waals surface area contributed by atoms with Gasteiger partial charge in [-0.1, -0.05) is 12.7 Å². The van der Waals surface area contributed by atoms with Crippen molar-refractivity contribution in [1.29, 1.82) is 0 Å². The van der Waals surface area contributed by atoms with Crippen molar-refractivity contribution in [2.24, 2.45) is 0 Å². The van der Waals surface area contributed by atoms with Crippen LogP contribution < -0.4 is 5.32 Å². The van der Waals surface area contributed by atoms with Gasteiger partial charge in [0.15, 0.2) is 0 Å². The highest BCUT2D eigenvalue weighted by Gasteiger charge is 2.40. The zero-order valence-electron chi connectivity index (χ0n) is 9.35. The highest BCUT2D eigenvalue weighted by atomic mass is 32.2. The van der Waals surface area contributed by atoms with Crippen LogP contribution in [-0.4, -0.2) is 44.3 Å². The molecule has 1 rings (SSSR count). The number of sulfonamides is 1. The molecule has 5 nitrogen and oxygen atoms in total. The van der Waals surface area contributed by atoms with Crippen molar-refractivity contribution in [3.05, 3.63) is 24.7 Å². The van der Waals surface area contributed by atoms with E-state index in [0.29, 0.717) is 4.31 Å². The molecule has 0 amide bonds. The van der Waals surface area contributed by atoms with Crippen LogP contribution in [0.2, 0.25) is 0 Å². The van der Waals surface area contributed by atoms with Gasteiger partial charge < -0.3 is 4.74 Å². The van der Waals surface area contributed by atoms with E-state index < -0.39 is 21.8 Å². The number of rotatable bonds is 7. The van der Waals surface area contributed by atoms with Gasteiger partial charge in [-0.05, 0) is 0 Å². The second-order valence-corrected chi connectivity index (χ2v) is 5.42. The quantitative estimate of drug-likeness (QED) is 0.427. The second kappa shape index (κ2) is 6.21. The Labute approximate surface area is 103 Å². The molecule has 9 heteroatoms. The Bertz CT molecular complexity index is 419. The van der Waals surface area contributed by atoms with E-state index in [9.17, 15) is 21.6 Å². The molecule has 0 aliphatic carbocycles. The van der Waals surface area contributed by atoms with E-state index in [0.717, 1.165) is 6.08 Å². The molecule has 1 N–H and O–H groups in total. The first kappa shape index (κ1) is 15.0. The van der Waals surface area contributed by atoms with Crippen molar-refractivity contribution in [2.75, 3.05) is 19.8 Å². The van der Waals surface area contributed by atoms with Crippen LogP contribution in [0.15, 0.2) is 24.7 Å². The molecule has 0 radical (unpaired) electrons. The van der Waals surface area contributed by atoms with Gasteiger partial charge in [0.1, 0.15) is 6.73 Å². The topological polar surface area (TPSA) is 58.6 Å². The molecule has 1 saturated heterocycles. The predicted octanol–water partition coefficient (Wildman–Crippen LogP) is 0.784. The van der Waals surface area contributed by atoms with Gasteiger partial charge in [0.05, 0.1) is 0 Å². The normalized spacial score (nSPS) is 18.8. The summed E-state index contributed by atoms with van der Waals surface area (Å²) in [5.74, 6) is -3.41. The van der Waals surface area contributed by atoms with E-state index in [-0.39, 0.29) is 25.9 Å². The van der Waals surface area contributed by atoms with Gasteiger partial charge in [-0.25, -0.2) is 8.42 Å². The van der Waals surface area contributed by atoms with Gasteiger partial charge in [0.25, 0.3) is 16.0 Å². The highest BCUT2D eigenvalue weighted by molar-refractivity contribution is 7.89. The summed E-state index contributed by atoms with van der Waals surface area (Å²) in [7, 11) is -4.50. The summed E-state index contributed by atoms with van der Waals surface area (Å²) in [6.45, 7) is 2.93. The van der Waals surface area contributed by atoms with Crippen LogP contribution in [0.1, 0.15) is 0 Å². The van der Waals surface area contributed by atoms with E-state index in [4.69, 9.17) is 0 Å². The van der Waals surface area contributed by atoms with Crippen LogP contribution >= 0.6 is 0 Å². The summed E-state index contributed by atoms with van der Waals surface area (Å²) in [6, 6.07) is -1.16. The summed E-state index contributed by atoms with van der Waals surface area (Å²) < 4.78 is 64.0. The van der Waals surface area contributed by atoms with Gasteiger partial charge in [-0.15, -0.1) is 0 Å². The molecule has 0 saturated carbocycles. The third-order valence-electron chi connectivity index (χ3n) is 2.26. The third kappa shape index (κ3) is 3.72. The van der Waals surface area contributed by atoms with E-state index in [1.165, 1.54) is 6.08 Å². The Kier molecular flexibility index (Phi) is 5.17. The Morgan fingerprint density at radius 1 is 1.56 bits per heavy atom. The maximum Gasteiger partial charge on any atom is 0.350 e. The van der Waals surface area contributed by atoms with Crippen LogP contribution in [0, 0.1) is 0 Å². The fourth-order valence-electron chi connectivity index (χ4n) is 1.26. The number of nitrogens with one attached hydrogen (secondary N) is 1. The van der Waals surface area contributed by atoms with Gasteiger partial charge >= 0.3 is 5.76 Å². The van der Waals surface area contributed by atoms with Crippen molar-refractivity contribution >= 4 is 10.0 Å². The molecule has 0 aromatic heterocycles. The molecular weight excluding hydrogens is 273 g/mol. The minimum atomic E-state index is -4.50. The number of nitrogens with zero attached hydrogens (tertiary/aromatic N) is 1. The van der Waals surface area contributed by atoms with Crippen LogP contribution in [0.3, 0.4) is 0 Å². The lowest BCUT2D eigenvalue weighted by atomic mass is 10.2. The van der Waals surface area contributed by atoms with E-state index in [1.54, 1.807) is 0 Å². The third-order valence-corrected chi connectivity index (χ3v) is 3.73. The zero-order valence-corrected chi connectivity index (χ0v) is 10.2. The molecule has 18 heavy (non-hydrogen) atoms. The van der Waals surface area contributed by atoms with Crippen molar-refractivity contribution in [1.82, 2.24) is 9.62 Å². The molecular formula is C9H13F3N2O3S. The molecule has 0 spiro atoms. The second-order valence-electron chi connectivity index (χ2n) is 3.52. The molecule has 104 valence electrons. The Balaban J connectivity index is 2.24. The maximum absolute atomic E-state index is 12.7. The first-order valence-corrected chi connectivity index (χ1v) is 6.49. The molecule has 1 aliphatic rings. The molecule has 0 aromatic rings. The van der Waals surface area contributed by atoms with Crippen molar-refractivity contribution in [2.45, 2.75) is 11.8 Å². The van der Waals surface area contributed by atoms with Crippen molar-refractivity contribution < 1.29 is 26.3 Å². The fraction of sp³-hybridized carbons (Fsp3) is 0.556. The number of ether oxygens (including phenoxy) is 1. The molecule has 1 fully saturated rings. The SMILES string of the molecule is C=C/C=C(\F)OCNC1CN(S(=O)(=O)C(F)F)C1. The molecule has 0 bridgehead atoms. The summed E-state index contributed by atoms with van der Waals surface area (Å²) in [4.78, 5) is 0. The maximum atomic E-state index is 12.7. The Hall–Kier alpha value is -1.06. The molecule has 0 unspecified atom stereocenters. The summed E-state index contributed by atoms with van der Waals surface area (Å²) in [6.07, 6.45) is 2.21. The summed E-state index contributed by atoms with van der Waals surface area (Å²) >= 11 is 0. The number of alkyl halides is 2. The summed E-state index contributed by atoms with van der Waals surface area (Å²) in [5.41, 5.74) is 0. The molecule has 1 heterocycles. The van der Waals surface area contributed by atoms with Gasteiger partial charge in [-0.3, -0.25) is 5.32 Å². The first-order chi connectivity index (χ1) is 8.37. The lowest BCUT2D eigenvalue weighted by Crippen LogP contribution is -2.60. The fourth-order valence-corrected chi connectivity index (χ4v) is 2.26. The predicted molar refractivity (Wildman–Crippen MR) is 58.8 cm³/mol. The Morgan fingerprint density at radius 3 is 2.67 bits per heavy atom. The molecule has 0 aromatic carbocycles. The minimum absolute atomic E-state index is 0.0805. The smallest absolute Gasteiger partial charge is 0.350 e. The number of hydrogen-bond acceptors (Lipinski definition) is 4. The van der Waals surface area contributed by atoms with Gasteiger partial charge in [-0.2, -0.15) is 17.5 Å². The van der Waals surface area contributed by atoms with E-state index in [1.807, 2.05) is 0 Å². The highest BCUT2D eigenvalue weighted by Crippen LogP contribution is 2.19. The molecule has 0 atom stereocenters.